The van der Waals surface area contributed by atoms with Gasteiger partial charge >= 0.3 is 6.09 Å². The zero-order chi connectivity index (χ0) is 16.9. The Hall–Kier alpha value is -1.20. The second-order valence-corrected chi connectivity index (χ2v) is 8.25. The molecule has 1 aromatic carbocycles. The van der Waals surface area contributed by atoms with Gasteiger partial charge in [0.15, 0.2) is 5.58 Å². The smallest absolute Gasteiger partial charge is 0.410 e. The summed E-state index contributed by atoms with van der Waals surface area (Å²) in [6, 6.07) is 3.81. The highest BCUT2D eigenvalue weighted by Crippen LogP contribution is 2.38. The third kappa shape index (κ3) is 3.22. The van der Waals surface area contributed by atoms with Crippen molar-refractivity contribution in [3.8, 4) is 0 Å². The van der Waals surface area contributed by atoms with Gasteiger partial charge in [0.1, 0.15) is 11.4 Å². The van der Waals surface area contributed by atoms with Crippen LogP contribution in [0.15, 0.2) is 21.0 Å². The minimum Gasteiger partial charge on any atom is -0.459 e. The molecule has 0 aliphatic carbocycles. The Balaban J connectivity index is 1.99. The molecule has 2 heterocycles. The van der Waals surface area contributed by atoms with Crippen LogP contribution in [-0.2, 0) is 17.7 Å². The number of hydrogen-bond donors (Lipinski definition) is 0. The number of fused-ring (bicyclic) bond motifs is 3. The molecule has 23 heavy (non-hydrogen) atoms. The first-order valence-corrected chi connectivity index (χ1v) is 8.71. The predicted octanol–water partition coefficient (Wildman–Crippen LogP) is 5.53. The number of benzene rings is 1. The molecule has 1 atom stereocenters. The molecular formula is C17H19BrClNO3. The average molecular weight is 401 g/mol. The molecule has 3 rings (SSSR count). The molecule has 0 bridgehead atoms. The number of rotatable bonds is 0. The van der Waals surface area contributed by atoms with E-state index in [9.17, 15) is 4.79 Å². The Morgan fingerprint density at radius 3 is 2.78 bits per heavy atom. The molecule has 1 amide bonds. The lowest BCUT2D eigenvalue weighted by atomic mass is 10.0. The molecule has 0 N–H and O–H groups in total. The highest BCUT2D eigenvalue weighted by atomic mass is 79.9. The van der Waals surface area contributed by atoms with Gasteiger partial charge in [-0.25, -0.2) is 4.79 Å². The lowest BCUT2D eigenvalue weighted by molar-refractivity contribution is 0.0132. The second-order valence-electron chi connectivity index (χ2n) is 6.93. The number of carbonyl (C=O) groups excluding carboxylic acids is 1. The Labute approximate surface area is 148 Å². The number of carbonyl (C=O) groups is 1. The summed E-state index contributed by atoms with van der Waals surface area (Å²) in [7, 11) is 0. The maximum atomic E-state index is 12.5. The maximum Gasteiger partial charge on any atom is 0.410 e. The summed E-state index contributed by atoms with van der Waals surface area (Å²) in [5.41, 5.74) is 1.17. The van der Waals surface area contributed by atoms with E-state index < -0.39 is 5.60 Å². The molecule has 0 radical (unpaired) electrons. The van der Waals surface area contributed by atoms with Gasteiger partial charge in [0.2, 0.25) is 0 Å². The minimum atomic E-state index is -0.512. The van der Waals surface area contributed by atoms with Crippen LogP contribution in [0.5, 0.6) is 0 Å². The van der Waals surface area contributed by atoms with Gasteiger partial charge in [0.05, 0.1) is 11.6 Å². The van der Waals surface area contributed by atoms with Crippen LogP contribution in [0.25, 0.3) is 11.0 Å². The lowest BCUT2D eigenvalue weighted by Crippen LogP contribution is -2.44. The van der Waals surface area contributed by atoms with Crippen LogP contribution in [-0.4, -0.2) is 22.6 Å². The first-order valence-electron chi connectivity index (χ1n) is 7.54. The van der Waals surface area contributed by atoms with Gasteiger partial charge in [-0.15, -0.1) is 0 Å². The largest absolute Gasteiger partial charge is 0.459 e. The van der Waals surface area contributed by atoms with Crippen LogP contribution in [0.3, 0.4) is 0 Å². The average Bonchev–Trinajstić information content (AvgIpc) is 2.73. The summed E-state index contributed by atoms with van der Waals surface area (Å²) in [5.74, 6) is 0.896. The Morgan fingerprint density at radius 2 is 2.13 bits per heavy atom. The van der Waals surface area contributed by atoms with Gasteiger partial charge in [0, 0.05) is 27.9 Å². The van der Waals surface area contributed by atoms with Crippen LogP contribution in [0.4, 0.5) is 4.79 Å². The van der Waals surface area contributed by atoms with Gasteiger partial charge in [-0.2, -0.15) is 0 Å². The summed E-state index contributed by atoms with van der Waals surface area (Å²) in [6.07, 6.45) is 0.350. The van der Waals surface area contributed by atoms with Crippen molar-refractivity contribution in [3.05, 3.63) is 33.0 Å². The molecule has 0 saturated heterocycles. The molecule has 4 nitrogen and oxygen atoms in total. The van der Waals surface area contributed by atoms with Crippen molar-refractivity contribution in [3.63, 3.8) is 0 Å². The topological polar surface area (TPSA) is 42.7 Å². The molecule has 1 unspecified atom stereocenters. The van der Waals surface area contributed by atoms with E-state index >= 15 is 0 Å². The minimum absolute atomic E-state index is 0.0140. The zero-order valence-electron chi connectivity index (χ0n) is 13.6. The van der Waals surface area contributed by atoms with Crippen LogP contribution in [0, 0.1) is 0 Å². The van der Waals surface area contributed by atoms with Crippen molar-refractivity contribution in [2.45, 2.75) is 52.3 Å². The normalized spacial score (nSPS) is 18.2. The van der Waals surface area contributed by atoms with Crippen molar-refractivity contribution in [1.82, 2.24) is 4.90 Å². The van der Waals surface area contributed by atoms with E-state index in [1.54, 1.807) is 4.90 Å². The monoisotopic (exact) mass is 399 g/mol. The summed E-state index contributed by atoms with van der Waals surface area (Å²) in [6.45, 7) is 8.07. The molecule has 124 valence electrons. The lowest BCUT2D eigenvalue weighted by Gasteiger charge is -2.34. The SMILES string of the molecule is CC1Cc2oc3c(Cl)cc(Br)cc3c2CN1C(=O)OC(C)(C)C. The van der Waals surface area contributed by atoms with Crippen LogP contribution < -0.4 is 0 Å². The number of hydrogen-bond acceptors (Lipinski definition) is 3. The fourth-order valence-corrected chi connectivity index (χ4v) is 3.68. The number of amides is 1. The second kappa shape index (κ2) is 5.71. The van der Waals surface area contributed by atoms with E-state index in [2.05, 4.69) is 15.9 Å². The Bertz CT molecular complexity index is 778. The standard InChI is InChI=1S/C17H19BrClNO3/c1-9-5-14-12(8-20(9)16(21)23-17(2,3)4)11-6-10(18)7-13(19)15(11)22-14/h6-7,9H,5,8H2,1-4H3. The molecule has 6 heteroatoms. The molecule has 2 aromatic rings. The van der Waals surface area contributed by atoms with Crippen LogP contribution in [0.1, 0.15) is 39.0 Å². The number of furan rings is 1. The predicted molar refractivity (Wildman–Crippen MR) is 93.9 cm³/mol. The van der Waals surface area contributed by atoms with Gasteiger partial charge in [-0.3, -0.25) is 0 Å². The van der Waals surface area contributed by atoms with E-state index in [0.717, 1.165) is 21.2 Å². The molecular weight excluding hydrogens is 382 g/mol. The van der Waals surface area contributed by atoms with E-state index in [1.807, 2.05) is 39.8 Å². The first kappa shape index (κ1) is 16.7. The molecule has 1 aliphatic rings. The van der Waals surface area contributed by atoms with E-state index in [-0.39, 0.29) is 12.1 Å². The fraction of sp³-hybridized carbons (Fsp3) is 0.471. The zero-order valence-corrected chi connectivity index (χ0v) is 15.9. The molecule has 0 fully saturated rings. The quantitative estimate of drug-likeness (QED) is 0.584. The first-order chi connectivity index (χ1) is 10.7. The van der Waals surface area contributed by atoms with Gasteiger partial charge < -0.3 is 14.1 Å². The molecule has 1 aliphatic heterocycles. The fourth-order valence-electron chi connectivity index (χ4n) is 2.83. The van der Waals surface area contributed by atoms with Crippen LogP contribution >= 0.6 is 27.5 Å². The Kier molecular flexibility index (Phi) is 4.13. The number of nitrogens with zero attached hydrogens (tertiary/aromatic N) is 1. The van der Waals surface area contributed by atoms with E-state index in [1.165, 1.54) is 0 Å². The van der Waals surface area contributed by atoms with Crippen molar-refractivity contribution >= 4 is 44.6 Å². The summed E-state index contributed by atoms with van der Waals surface area (Å²) in [5, 5.41) is 1.51. The molecule has 0 spiro atoms. The van der Waals surface area contributed by atoms with Gasteiger partial charge in [-0.1, -0.05) is 27.5 Å². The third-order valence-electron chi connectivity index (χ3n) is 3.86. The summed E-state index contributed by atoms with van der Waals surface area (Å²) in [4.78, 5) is 14.2. The van der Waals surface area contributed by atoms with Gasteiger partial charge in [-0.05, 0) is 39.8 Å². The van der Waals surface area contributed by atoms with Crippen molar-refractivity contribution in [2.24, 2.45) is 0 Å². The number of halogens is 2. The number of ether oxygens (including phenoxy) is 1. The molecule has 0 saturated carbocycles. The highest BCUT2D eigenvalue weighted by molar-refractivity contribution is 9.10. The highest BCUT2D eigenvalue weighted by Gasteiger charge is 2.33. The van der Waals surface area contributed by atoms with E-state index in [4.69, 9.17) is 20.8 Å². The van der Waals surface area contributed by atoms with Gasteiger partial charge in [0.25, 0.3) is 0 Å². The van der Waals surface area contributed by atoms with Crippen LogP contribution in [0.2, 0.25) is 5.02 Å². The summed E-state index contributed by atoms with van der Waals surface area (Å²) >= 11 is 9.74. The van der Waals surface area contributed by atoms with Crippen molar-refractivity contribution < 1.29 is 13.9 Å². The van der Waals surface area contributed by atoms with Crippen molar-refractivity contribution in [1.29, 1.82) is 0 Å². The van der Waals surface area contributed by atoms with E-state index in [0.29, 0.717) is 23.6 Å². The Morgan fingerprint density at radius 1 is 1.43 bits per heavy atom. The molecule has 1 aromatic heterocycles. The maximum absolute atomic E-state index is 12.5. The van der Waals surface area contributed by atoms with Crippen molar-refractivity contribution in [2.75, 3.05) is 0 Å². The third-order valence-corrected chi connectivity index (χ3v) is 4.60. The summed E-state index contributed by atoms with van der Waals surface area (Å²) < 4.78 is 12.4.